The number of aryl methyl sites for hydroxylation is 1. The van der Waals surface area contributed by atoms with Crippen LogP contribution in [-0.2, 0) is 6.42 Å². The van der Waals surface area contributed by atoms with E-state index >= 15 is 0 Å². The van der Waals surface area contributed by atoms with Crippen molar-refractivity contribution in [1.82, 2.24) is 9.97 Å². The van der Waals surface area contributed by atoms with Gasteiger partial charge in [0, 0.05) is 22.8 Å². The van der Waals surface area contributed by atoms with Crippen molar-refractivity contribution in [3.63, 3.8) is 0 Å². The predicted molar refractivity (Wildman–Crippen MR) is 87.1 cm³/mol. The number of thiophene rings is 1. The number of hydrogen-bond donors (Lipinski definition) is 0. The molecule has 5 heteroatoms. The molecule has 2 aromatic rings. The number of piperidine rings is 1. The smallest absolute Gasteiger partial charge is 0.228 e. The van der Waals surface area contributed by atoms with Gasteiger partial charge in [-0.05, 0) is 38.7 Å². The number of aromatic nitrogens is 2. The van der Waals surface area contributed by atoms with Crippen molar-refractivity contribution >= 4 is 39.1 Å². The van der Waals surface area contributed by atoms with Crippen LogP contribution in [0.25, 0.3) is 10.2 Å². The molecular formula is C15H20ClN3S. The fourth-order valence-electron chi connectivity index (χ4n) is 2.82. The van der Waals surface area contributed by atoms with Gasteiger partial charge in [-0.2, -0.15) is 0 Å². The van der Waals surface area contributed by atoms with E-state index in [9.17, 15) is 0 Å². The highest BCUT2D eigenvalue weighted by atomic mass is 35.5. The zero-order valence-corrected chi connectivity index (χ0v) is 13.6. The van der Waals surface area contributed by atoms with E-state index in [-0.39, 0.29) is 0 Å². The van der Waals surface area contributed by atoms with Gasteiger partial charge in [0.1, 0.15) is 9.98 Å². The minimum absolute atomic E-state index is 0.507. The Hall–Kier alpha value is -0.870. The van der Waals surface area contributed by atoms with Crippen LogP contribution < -0.4 is 4.90 Å². The van der Waals surface area contributed by atoms with E-state index in [4.69, 9.17) is 16.6 Å². The van der Waals surface area contributed by atoms with E-state index in [0.717, 1.165) is 35.6 Å². The van der Waals surface area contributed by atoms with Crippen LogP contribution in [-0.4, -0.2) is 22.6 Å². The van der Waals surface area contributed by atoms with Gasteiger partial charge in [0.05, 0.1) is 0 Å². The maximum absolute atomic E-state index is 6.37. The Bertz CT molecular complexity index is 610. The summed E-state index contributed by atoms with van der Waals surface area (Å²) in [6, 6.07) is 2.65. The molecule has 0 N–H and O–H groups in total. The lowest BCUT2D eigenvalue weighted by molar-refractivity contribution is 0.477. The molecule has 1 aliphatic rings. The summed E-state index contributed by atoms with van der Waals surface area (Å²) in [7, 11) is 0. The Kier molecular flexibility index (Phi) is 4.13. The molecule has 1 aliphatic heterocycles. The molecule has 0 aliphatic carbocycles. The quantitative estimate of drug-likeness (QED) is 0.771. The molecule has 1 unspecified atom stereocenters. The van der Waals surface area contributed by atoms with Crippen LogP contribution in [0.2, 0.25) is 5.15 Å². The van der Waals surface area contributed by atoms with Crippen molar-refractivity contribution < 1.29 is 0 Å². The average molecular weight is 310 g/mol. The van der Waals surface area contributed by atoms with Gasteiger partial charge in [-0.15, -0.1) is 11.3 Å². The molecule has 20 heavy (non-hydrogen) atoms. The lowest BCUT2D eigenvalue weighted by atomic mass is 10.0. The van der Waals surface area contributed by atoms with Gasteiger partial charge < -0.3 is 4.90 Å². The second-order valence-electron chi connectivity index (χ2n) is 5.53. The van der Waals surface area contributed by atoms with Crippen molar-refractivity contribution in [2.75, 3.05) is 11.4 Å². The van der Waals surface area contributed by atoms with Crippen molar-refractivity contribution in [3.05, 3.63) is 16.1 Å². The molecule has 1 fully saturated rings. The Morgan fingerprint density at radius 1 is 1.40 bits per heavy atom. The summed E-state index contributed by atoms with van der Waals surface area (Å²) in [6.07, 6.45) is 5.97. The summed E-state index contributed by atoms with van der Waals surface area (Å²) in [5, 5.41) is 1.61. The zero-order chi connectivity index (χ0) is 14.1. The standard InChI is InChI=1S/C15H20ClN3S/c1-3-6-11-9-12-13(16)17-15(18-14(12)20-11)19-8-5-4-7-10(19)2/h9-10H,3-8H2,1-2H3. The first-order valence-electron chi connectivity index (χ1n) is 7.41. The van der Waals surface area contributed by atoms with Crippen LogP contribution in [0.15, 0.2) is 6.07 Å². The first-order chi connectivity index (χ1) is 9.69. The highest BCUT2D eigenvalue weighted by molar-refractivity contribution is 7.18. The molecule has 0 radical (unpaired) electrons. The molecule has 3 heterocycles. The van der Waals surface area contributed by atoms with Crippen LogP contribution in [0.1, 0.15) is 44.4 Å². The third-order valence-corrected chi connectivity index (χ3v) is 5.32. The van der Waals surface area contributed by atoms with Crippen molar-refractivity contribution in [3.8, 4) is 0 Å². The molecular weight excluding hydrogens is 290 g/mol. The van der Waals surface area contributed by atoms with E-state index in [1.54, 1.807) is 11.3 Å². The SMILES string of the molecule is CCCc1cc2c(Cl)nc(N3CCCCC3C)nc2s1. The first kappa shape index (κ1) is 14.1. The maximum Gasteiger partial charge on any atom is 0.228 e. The highest BCUT2D eigenvalue weighted by Crippen LogP contribution is 2.32. The lowest BCUT2D eigenvalue weighted by Gasteiger charge is -2.33. The van der Waals surface area contributed by atoms with Gasteiger partial charge in [-0.1, -0.05) is 24.9 Å². The largest absolute Gasteiger partial charge is 0.338 e. The van der Waals surface area contributed by atoms with E-state index in [1.165, 1.54) is 24.1 Å². The molecule has 1 saturated heterocycles. The monoisotopic (exact) mass is 309 g/mol. The van der Waals surface area contributed by atoms with Gasteiger partial charge in [0.15, 0.2) is 0 Å². The van der Waals surface area contributed by atoms with E-state index in [0.29, 0.717) is 11.2 Å². The molecule has 3 nitrogen and oxygen atoms in total. The Morgan fingerprint density at radius 3 is 3.00 bits per heavy atom. The molecule has 1 atom stereocenters. The van der Waals surface area contributed by atoms with Gasteiger partial charge >= 0.3 is 0 Å². The zero-order valence-electron chi connectivity index (χ0n) is 12.0. The third-order valence-electron chi connectivity index (χ3n) is 3.94. The molecule has 0 spiro atoms. The van der Waals surface area contributed by atoms with Gasteiger partial charge in [0.2, 0.25) is 5.95 Å². The summed E-state index contributed by atoms with van der Waals surface area (Å²) in [5.41, 5.74) is 0. The Morgan fingerprint density at radius 2 is 2.25 bits per heavy atom. The van der Waals surface area contributed by atoms with E-state index in [1.807, 2.05) is 0 Å². The van der Waals surface area contributed by atoms with Crippen LogP contribution in [0.5, 0.6) is 0 Å². The number of anilines is 1. The summed E-state index contributed by atoms with van der Waals surface area (Å²) < 4.78 is 0. The number of rotatable bonds is 3. The van der Waals surface area contributed by atoms with Crippen LogP contribution in [0.4, 0.5) is 5.95 Å². The van der Waals surface area contributed by atoms with Crippen molar-refractivity contribution in [2.45, 2.75) is 52.0 Å². The third kappa shape index (κ3) is 2.63. The molecule has 3 rings (SSSR count). The van der Waals surface area contributed by atoms with Crippen LogP contribution in [0.3, 0.4) is 0 Å². The van der Waals surface area contributed by atoms with Gasteiger partial charge in [-0.3, -0.25) is 0 Å². The lowest BCUT2D eigenvalue weighted by Crippen LogP contribution is -2.38. The van der Waals surface area contributed by atoms with Crippen molar-refractivity contribution in [1.29, 1.82) is 0 Å². The molecule has 108 valence electrons. The fraction of sp³-hybridized carbons (Fsp3) is 0.600. The minimum atomic E-state index is 0.507. The summed E-state index contributed by atoms with van der Waals surface area (Å²) in [4.78, 5) is 14.0. The van der Waals surface area contributed by atoms with E-state index in [2.05, 4.69) is 29.8 Å². The maximum atomic E-state index is 6.37. The Balaban J connectivity index is 1.99. The van der Waals surface area contributed by atoms with Crippen LogP contribution >= 0.6 is 22.9 Å². The predicted octanol–water partition coefficient (Wildman–Crippen LogP) is 4.68. The second kappa shape index (κ2) is 5.86. The molecule has 0 saturated carbocycles. The Labute approximate surface area is 129 Å². The van der Waals surface area contributed by atoms with Crippen LogP contribution in [0, 0.1) is 0 Å². The molecule has 0 bridgehead atoms. The topological polar surface area (TPSA) is 29.0 Å². The number of hydrogen-bond acceptors (Lipinski definition) is 4. The summed E-state index contributed by atoms with van der Waals surface area (Å²) >= 11 is 8.12. The molecule has 0 amide bonds. The van der Waals surface area contributed by atoms with Gasteiger partial charge in [-0.25, -0.2) is 9.97 Å². The normalized spacial score (nSPS) is 19.8. The van der Waals surface area contributed by atoms with Crippen molar-refractivity contribution in [2.24, 2.45) is 0 Å². The second-order valence-corrected chi connectivity index (χ2v) is 7.01. The minimum Gasteiger partial charge on any atom is -0.338 e. The number of halogens is 1. The molecule has 2 aromatic heterocycles. The molecule has 0 aromatic carbocycles. The first-order valence-corrected chi connectivity index (χ1v) is 8.61. The summed E-state index contributed by atoms with van der Waals surface area (Å²) in [5.74, 6) is 0.805. The van der Waals surface area contributed by atoms with Gasteiger partial charge in [0.25, 0.3) is 0 Å². The van der Waals surface area contributed by atoms with E-state index < -0.39 is 0 Å². The number of nitrogens with zero attached hydrogens (tertiary/aromatic N) is 3. The number of fused-ring (bicyclic) bond motifs is 1. The summed E-state index contributed by atoms with van der Waals surface area (Å²) in [6.45, 7) is 5.48. The fourth-order valence-corrected chi connectivity index (χ4v) is 4.22. The highest BCUT2D eigenvalue weighted by Gasteiger charge is 2.22. The average Bonchev–Trinajstić information content (AvgIpc) is 2.83.